The summed E-state index contributed by atoms with van der Waals surface area (Å²) in [5.74, 6) is -1.46. The van der Waals surface area contributed by atoms with E-state index in [4.69, 9.17) is 0 Å². The van der Waals surface area contributed by atoms with Crippen LogP contribution >= 0.6 is 11.8 Å². The van der Waals surface area contributed by atoms with Crippen molar-refractivity contribution in [1.82, 2.24) is 10.2 Å². The number of thioether (sulfide) groups is 1. The lowest BCUT2D eigenvalue weighted by Crippen LogP contribution is -2.58. The lowest BCUT2D eigenvalue weighted by atomic mass is 9.66. The van der Waals surface area contributed by atoms with E-state index in [1.54, 1.807) is 16.7 Å². The van der Waals surface area contributed by atoms with Crippen LogP contribution in [-0.2, 0) is 14.4 Å². The summed E-state index contributed by atoms with van der Waals surface area (Å²) in [5.41, 5.74) is 2.68. The van der Waals surface area contributed by atoms with Crippen LogP contribution in [0.1, 0.15) is 51.7 Å². The number of amides is 3. The first-order valence-corrected chi connectivity index (χ1v) is 13.7. The van der Waals surface area contributed by atoms with Gasteiger partial charge in [0.2, 0.25) is 17.7 Å². The normalized spacial score (nSPS) is 32.2. The zero-order chi connectivity index (χ0) is 25.7. The SMILES string of the molecule is CCCNC(=O)[C@@H]1[C@H]2C(=O)N([C@@H](CO)C(C)C)C(C(=O)Nc3c(C)cccc3C)C23S[C@@H]1CC3C. The number of hydrogen-bond donors (Lipinski definition) is 3. The summed E-state index contributed by atoms with van der Waals surface area (Å²) >= 11 is 1.66. The highest BCUT2D eigenvalue weighted by Crippen LogP contribution is 2.69. The van der Waals surface area contributed by atoms with Crippen LogP contribution in [0.25, 0.3) is 0 Å². The number of nitrogens with one attached hydrogen (secondary N) is 2. The predicted molar refractivity (Wildman–Crippen MR) is 139 cm³/mol. The van der Waals surface area contributed by atoms with E-state index in [9.17, 15) is 19.5 Å². The number of anilines is 1. The minimum Gasteiger partial charge on any atom is -0.394 e. The van der Waals surface area contributed by atoms with Crippen LogP contribution in [0.2, 0.25) is 0 Å². The molecule has 7 nitrogen and oxygen atoms in total. The van der Waals surface area contributed by atoms with Gasteiger partial charge in [-0.15, -0.1) is 11.8 Å². The molecular formula is C27H39N3O4S. The Bertz CT molecular complexity index is 994. The molecule has 1 aromatic rings. The number of benzene rings is 1. The number of carbonyl (C=O) groups excluding carboxylic acids is 3. The van der Waals surface area contributed by atoms with Crippen molar-refractivity contribution in [2.45, 2.75) is 76.5 Å². The van der Waals surface area contributed by atoms with E-state index in [1.165, 1.54) is 0 Å². The summed E-state index contributed by atoms with van der Waals surface area (Å²) < 4.78 is -0.695. The summed E-state index contributed by atoms with van der Waals surface area (Å²) in [7, 11) is 0. The molecule has 1 spiro atoms. The highest BCUT2D eigenvalue weighted by Gasteiger charge is 2.76. The van der Waals surface area contributed by atoms with Crippen molar-refractivity contribution in [3.63, 3.8) is 0 Å². The topological polar surface area (TPSA) is 98.7 Å². The molecule has 3 saturated heterocycles. The molecule has 3 fully saturated rings. The lowest BCUT2D eigenvalue weighted by molar-refractivity contribution is -0.143. The first-order valence-electron chi connectivity index (χ1n) is 12.9. The van der Waals surface area contributed by atoms with Crippen molar-refractivity contribution < 1.29 is 19.5 Å². The summed E-state index contributed by atoms with van der Waals surface area (Å²) in [4.78, 5) is 43.2. The van der Waals surface area contributed by atoms with Crippen LogP contribution in [0.3, 0.4) is 0 Å². The van der Waals surface area contributed by atoms with Gasteiger partial charge in [-0.05, 0) is 49.7 Å². The summed E-state index contributed by atoms with van der Waals surface area (Å²) in [6.07, 6.45) is 1.62. The Kier molecular flexibility index (Phi) is 7.26. The summed E-state index contributed by atoms with van der Waals surface area (Å²) in [6, 6.07) is 4.61. The van der Waals surface area contributed by atoms with Crippen molar-refractivity contribution in [3.8, 4) is 0 Å². The Labute approximate surface area is 212 Å². The van der Waals surface area contributed by atoms with E-state index in [0.717, 1.165) is 29.7 Å². The van der Waals surface area contributed by atoms with Gasteiger partial charge >= 0.3 is 0 Å². The first kappa shape index (κ1) is 26.0. The van der Waals surface area contributed by atoms with E-state index in [0.29, 0.717) is 6.54 Å². The molecule has 0 radical (unpaired) electrons. The van der Waals surface area contributed by atoms with Gasteiger partial charge in [0.15, 0.2) is 0 Å². The number of aliphatic hydroxyl groups excluding tert-OH is 1. The molecule has 0 saturated carbocycles. The number of hydrogen-bond acceptors (Lipinski definition) is 5. The molecule has 8 heteroatoms. The van der Waals surface area contributed by atoms with E-state index >= 15 is 0 Å². The van der Waals surface area contributed by atoms with E-state index < -0.39 is 28.7 Å². The van der Waals surface area contributed by atoms with Gasteiger partial charge in [0.1, 0.15) is 6.04 Å². The van der Waals surface area contributed by atoms with Crippen molar-refractivity contribution in [1.29, 1.82) is 0 Å². The maximum absolute atomic E-state index is 14.2. The molecule has 3 heterocycles. The highest BCUT2D eigenvalue weighted by atomic mass is 32.2. The van der Waals surface area contributed by atoms with Crippen LogP contribution in [0.15, 0.2) is 18.2 Å². The zero-order valence-corrected chi connectivity index (χ0v) is 22.4. The zero-order valence-electron chi connectivity index (χ0n) is 21.6. The number of nitrogens with zero attached hydrogens (tertiary/aromatic N) is 1. The number of carbonyl (C=O) groups is 3. The molecule has 3 amide bonds. The summed E-state index contributed by atoms with van der Waals surface area (Å²) in [6.45, 7) is 12.3. The molecule has 3 unspecified atom stereocenters. The van der Waals surface area contributed by atoms with Gasteiger partial charge in [-0.25, -0.2) is 0 Å². The average Bonchev–Trinajstić information content (AvgIpc) is 3.39. The van der Waals surface area contributed by atoms with Gasteiger partial charge in [0, 0.05) is 17.5 Å². The molecule has 4 rings (SSSR count). The maximum atomic E-state index is 14.2. The number of para-hydroxylation sites is 1. The molecule has 3 aliphatic heterocycles. The Balaban J connectivity index is 1.80. The van der Waals surface area contributed by atoms with Crippen molar-refractivity contribution in [2.75, 3.05) is 18.5 Å². The van der Waals surface area contributed by atoms with Crippen LogP contribution in [0.4, 0.5) is 5.69 Å². The monoisotopic (exact) mass is 501 g/mol. The minimum absolute atomic E-state index is 0.0140. The Hall–Kier alpha value is -2.06. The Morgan fingerprint density at radius 2 is 1.89 bits per heavy atom. The molecule has 3 N–H and O–H groups in total. The molecule has 192 valence electrons. The molecule has 3 aliphatic rings. The molecule has 0 aromatic heterocycles. The third kappa shape index (κ3) is 3.97. The number of aliphatic hydroxyl groups is 1. The van der Waals surface area contributed by atoms with Gasteiger partial charge < -0.3 is 20.6 Å². The van der Waals surface area contributed by atoms with Gasteiger partial charge in [0.05, 0.1) is 29.2 Å². The second kappa shape index (κ2) is 9.77. The summed E-state index contributed by atoms with van der Waals surface area (Å²) in [5, 5.41) is 16.5. The van der Waals surface area contributed by atoms with Crippen LogP contribution in [0.5, 0.6) is 0 Å². The fourth-order valence-corrected chi connectivity index (χ4v) is 9.01. The van der Waals surface area contributed by atoms with Crippen LogP contribution in [0, 0.1) is 37.5 Å². The largest absolute Gasteiger partial charge is 0.394 e. The Morgan fingerprint density at radius 1 is 1.23 bits per heavy atom. The third-order valence-corrected chi connectivity index (χ3v) is 10.4. The number of fused-ring (bicyclic) bond motifs is 1. The minimum atomic E-state index is -0.757. The van der Waals surface area contributed by atoms with E-state index in [2.05, 4.69) is 17.6 Å². The fraction of sp³-hybridized carbons (Fsp3) is 0.667. The standard InChI is InChI=1S/C27H39N3O4S/c1-7-11-28-24(32)20-19-12-17(6)27(35-19)21(20)26(34)30(18(13-31)14(2)3)23(27)25(33)29-22-15(4)9-8-10-16(22)5/h8-10,14,17-21,23,31H,7,11-13H2,1-6H3,(H,28,32)(H,29,33)/t17?,18-,19+,20-,21-,23?,27?/m0/s1. The van der Waals surface area contributed by atoms with Gasteiger partial charge in [-0.1, -0.05) is 45.9 Å². The second-order valence-corrected chi connectivity index (χ2v) is 12.4. The number of rotatable bonds is 8. The smallest absolute Gasteiger partial charge is 0.248 e. The molecule has 1 aromatic carbocycles. The number of likely N-dealkylation sites (tertiary alicyclic amines) is 1. The fourth-order valence-electron chi connectivity index (χ4n) is 6.61. The molecular weight excluding hydrogens is 462 g/mol. The highest BCUT2D eigenvalue weighted by molar-refractivity contribution is 8.02. The lowest BCUT2D eigenvalue weighted by Gasteiger charge is -2.41. The molecule has 35 heavy (non-hydrogen) atoms. The van der Waals surface area contributed by atoms with Crippen molar-refractivity contribution in [2.24, 2.45) is 23.7 Å². The Morgan fingerprint density at radius 3 is 2.46 bits per heavy atom. The van der Waals surface area contributed by atoms with Crippen molar-refractivity contribution in [3.05, 3.63) is 29.3 Å². The third-order valence-electron chi connectivity index (χ3n) is 8.33. The molecule has 7 atom stereocenters. The van der Waals surface area contributed by atoms with Crippen LogP contribution in [-0.4, -0.2) is 63.0 Å². The molecule has 2 bridgehead atoms. The van der Waals surface area contributed by atoms with E-state index in [-0.39, 0.29) is 41.4 Å². The number of aryl methyl sites for hydroxylation is 2. The van der Waals surface area contributed by atoms with Crippen molar-refractivity contribution >= 4 is 35.2 Å². The van der Waals surface area contributed by atoms with Gasteiger partial charge in [-0.2, -0.15) is 0 Å². The van der Waals surface area contributed by atoms with Crippen LogP contribution < -0.4 is 10.6 Å². The van der Waals surface area contributed by atoms with Gasteiger partial charge in [-0.3, -0.25) is 14.4 Å². The maximum Gasteiger partial charge on any atom is 0.248 e. The second-order valence-electron chi connectivity index (χ2n) is 10.8. The average molecular weight is 502 g/mol. The van der Waals surface area contributed by atoms with Gasteiger partial charge in [0.25, 0.3) is 0 Å². The van der Waals surface area contributed by atoms with E-state index in [1.807, 2.05) is 52.8 Å². The predicted octanol–water partition coefficient (Wildman–Crippen LogP) is 3.12. The first-order chi connectivity index (χ1) is 16.6. The quantitative estimate of drug-likeness (QED) is 0.508. The molecule has 0 aliphatic carbocycles.